The first-order valence-electron chi connectivity index (χ1n) is 9.20. The third-order valence-corrected chi connectivity index (χ3v) is 5.57. The highest BCUT2D eigenvalue weighted by Gasteiger charge is 2.51. The van der Waals surface area contributed by atoms with Gasteiger partial charge in [-0.2, -0.15) is 0 Å². The summed E-state index contributed by atoms with van der Waals surface area (Å²) < 4.78 is 5.53. The van der Waals surface area contributed by atoms with Gasteiger partial charge < -0.3 is 14.7 Å². The molecule has 5 heteroatoms. The Morgan fingerprint density at radius 1 is 1.23 bits per heavy atom. The summed E-state index contributed by atoms with van der Waals surface area (Å²) in [6.45, 7) is 2.28. The third kappa shape index (κ3) is 3.19. The number of aryl methyl sites for hydroxylation is 1. The molecule has 5 nitrogen and oxygen atoms in total. The lowest BCUT2D eigenvalue weighted by molar-refractivity contribution is -0.0564. The number of nitrogens with zero attached hydrogens (tertiary/aromatic N) is 2. The fourth-order valence-corrected chi connectivity index (χ4v) is 4.32. The molecule has 2 saturated heterocycles. The number of benzene rings is 1. The number of pyridine rings is 1. The second kappa shape index (κ2) is 6.72. The van der Waals surface area contributed by atoms with Gasteiger partial charge in [-0.15, -0.1) is 0 Å². The molecule has 2 aliphatic heterocycles. The first-order chi connectivity index (χ1) is 12.5. The molecule has 1 N–H and O–H groups in total. The molecule has 2 fully saturated rings. The lowest BCUT2D eigenvalue weighted by Gasteiger charge is -2.42. The molecule has 0 saturated carbocycles. The number of fused-ring (bicyclic) bond motifs is 2. The largest absolute Gasteiger partial charge is 0.445 e. The molecule has 136 valence electrons. The van der Waals surface area contributed by atoms with Crippen molar-refractivity contribution in [3.8, 4) is 0 Å². The van der Waals surface area contributed by atoms with Gasteiger partial charge in [-0.05, 0) is 43.0 Å². The second-order valence-electron chi connectivity index (χ2n) is 7.49. The van der Waals surface area contributed by atoms with Gasteiger partial charge in [-0.1, -0.05) is 30.3 Å². The van der Waals surface area contributed by atoms with Gasteiger partial charge in [0.2, 0.25) is 0 Å². The minimum Gasteiger partial charge on any atom is -0.445 e. The lowest BCUT2D eigenvalue weighted by atomic mass is 9.83. The summed E-state index contributed by atoms with van der Waals surface area (Å²) in [7, 11) is 0. The van der Waals surface area contributed by atoms with Gasteiger partial charge in [0.15, 0.2) is 0 Å². The average molecular weight is 352 g/mol. The Bertz CT molecular complexity index is 779. The number of amides is 1. The Kier molecular flexibility index (Phi) is 4.41. The standard InChI is InChI=1S/C21H24N2O3/c1-15-9-10-22-19(11-15)21(25)12-17-7-8-18(13-21)23(17)20(24)26-14-16-5-3-2-4-6-16/h2-6,9-11,17-18,25H,7-8,12-14H2,1H3. The van der Waals surface area contributed by atoms with Crippen molar-refractivity contribution in [3.63, 3.8) is 0 Å². The van der Waals surface area contributed by atoms with E-state index in [0.717, 1.165) is 24.0 Å². The highest BCUT2D eigenvalue weighted by atomic mass is 16.6. The summed E-state index contributed by atoms with van der Waals surface area (Å²) in [6.07, 6.45) is 4.30. The molecule has 1 aromatic heterocycles. The maximum atomic E-state index is 12.6. The van der Waals surface area contributed by atoms with Crippen LogP contribution in [-0.4, -0.2) is 33.2 Å². The van der Waals surface area contributed by atoms with Crippen LogP contribution in [0.4, 0.5) is 4.79 Å². The number of carbonyl (C=O) groups is 1. The van der Waals surface area contributed by atoms with Gasteiger partial charge in [0.25, 0.3) is 0 Å². The summed E-state index contributed by atoms with van der Waals surface area (Å²) in [5.74, 6) is 0. The molecule has 1 amide bonds. The molecular formula is C21H24N2O3. The van der Waals surface area contributed by atoms with Crippen LogP contribution in [0.15, 0.2) is 48.7 Å². The van der Waals surface area contributed by atoms with Crippen LogP contribution < -0.4 is 0 Å². The van der Waals surface area contributed by atoms with E-state index in [-0.39, 0.29) is 24.8 Å². The van der Waals surface area contributed by atoms with E-state index in [2.05, 4.69) is 4.98 Å². The first-order valence-corrected chi connectivity index (χ1v) is 9.20. The number of aromatic nitrogens is 1. The van der Waals surface area contributed by atoms with Crippen LogP contribution >= 0.6 is 0 Å². The van der Waals surface area contributed by atoms with E-state index in [1.807, 2.05) is 54.3 Å². The van der Waals surface area contributed by atoms with Crippen LogP contribution in [0.3, 0.4) is 0 Å². The van der Waals surface area contributed by atoms with Crippen molar-refractivity contribution < 1.29 is 14.6 Å². The van der Waals surface area contributed by atoms with Gasteiger partial charge in [-0.3, -0.25) is 4.98 Å². The maximum Gasteiger partial charge on any atom is 0.410 e. The Morgan fingerprint density at radius 2 is 1.92 bits per heavy atom. The Balaban J connectivity index is 1.46. The van der Waals surface area contributed by atoms with E-state index >= 15 is 0 Å². The molecule has 3 heterocycles. The number of ether oxygens (including phenoxy) is 1. The van der Waals surface area contributed by atoms with Crippen LogP contribution in [0.5, 0.6) is 0 Å². The summed E-state index contributed by atoms with van der Waals surface area (Å²) >= 11 is 0. The van der Waals surface area contributed by atoms with Crippen LogP contribution in [0, 0.1) is 6.92 Å². The summed E-state index contributed by atoms with van der Waals surface area (Å²) in [5, 5.41) is 11.2. The van der Waals surface area contributed by atoms with Crippen molar-refractivity contribution in [1.29, 1.82) is 0 Å². The van der Waals surface area contributed by atoms with Gasteiger partial charge >= 0.3 is 6.09 Å². The molecule has 2 atom stereocenters. The fraction of sp³-hybridized carbons (Fsp3) is 0.429. The van der Waals surface area contributed by atoms with Gasteiger partial charge in [-0.25, -0.2) is 4.79 Å². The minimum absolute atomic E-state index is 0.00401. The number of hydrogen-bond acceptors (Lipinski definition) is 4. The average Bonchev–Trinajstić information content (AvgIpc) is 2.93. The van der Waals surface area contributed by atoms with E-state index in [1.165, 1.54) is 0 Å². The van der Waals surface area contributed by atoms with Crippen LogP contribution in [0.2, 0.25) is 0 Å². The van der Waals surface area contributed by atoms with Crippen LogP contribution in [-0.2, 0) is 16.9 Å². The van der Waals surface area contributed by atoms with E-state index in [1.54, 1.807) is 6.20 Å². The van der Waals surface area contributed by atoms with Crippen LogP contribution in [0.1, 0.15) is 42.5 Å². The third-order valence-electron chi connectivity index (χ3n) is 5.57. The SMILES string of the molecule is Cc1ccnc(C2(O)CC3CCC(C2)N3C(=O)OCc2ccccc2)c1. The maximum absolute atomic E-state index is 12.6. The topological polar surface area (TPSA) is 62.7 Å². The molecular weight excluding hydrogens is 328 g/mol. The second-order valence-corrected chi connectivity index (χ2v) is 7.49. The van der Waals surface area contributed by atoms with Crippen molar-refractivity contribution in [2.75, 3.05) is 0 Å². The van der Waals surface area contributed by atoms with Crippen molar-refractivity contribution in [2.45, 2.75) is 56.9 Å². The van der Waals surface area contributed by atoms with Gasteiger partial charge in [0.05, 0.1) is 5.69 Å². The molecule has 2 aliphatic rings. The van der Waals surface area contributed by atoms with Crippen LogP contribution in [0.25, 0.3) is 0 Å². The predicted molar refractivity (Wildman–Crippen MR) is 97.4 cm³/mol. The predicted octanol–water partition coefficient (Wildman–Crippen LogP) is 3.54. The summed E-state index contributed by atoms with van der Waals surface area (Å²) in [5.41, 5.74) is 1.81. The highest BCUT2D eigenvalue weighted by Crippen LogP contribution is 2.45. The zero-order valence-electron chi connectivity index (χ0n) is 15.0. The van der Waals surface area contributed by atoms with E-state index in [9.17, 15) is 9.90 Å². The minimum atomic E-state index is -0.964. The normalized spacial score (nSPS) is 27.4. The molecule has 2 bridgehead atoms. The smallest absolute Gasteiger partial charge is 0.410 e. The molecule has 2 unspecified atom stereocenters. The molecule has 2 aromatic rings. The van der Waals surface area contributed by atoms with Gasteiger partial charge in [0, 0.05) is 31.1 Å². The number of rotatable bonds is 3. The van der Waals surface area contributed by atoms with Crippen molar-refractivity contribution in [2.24, 2.45) is 0 Å². The quantitative estimate of drug-likeness (QED) is 0.918. The zero-order valence-corrected chi connectivity index (χ0v) is 15.0. The van der Waals surface area contributed by atoms with E-state index in [4.69, 9.17) is 4.74 Å². The van der Waals surface area contributed by atoms with E-state index < -0.39 is 5.60 Å². The first kappa shape index (κ1) is 17.0. The lowest BCUT2D eigenvalue weighted by Crippen LogP contribution is -2.52. The van der Waals surface area contributed by atoms with Crippen molar-refractivity contribution >= 4 is 6.09 Å². The summed E-state index contributed by atoms with van der Waals surface area (Å²) in [6, 6.07) is 13.6. The van der Waals surface area contributed by atoms with Gasteiger partial charge in [0.1, 0.15) is 12.2 Å². The molecule has 4 rings (SSSR count). The Labute approximate surface area is 153 Å². The van der Waals surface area contributed by atoms with Crippen molar-refractivity contribution in [1.82, 2.24) is 9.88 Å². The highest BCUT2D eigenvalue weighted by molar-refractivity contribution is 5.69. The zero-order chi connectivity index (χ0) is 18.1. The molecule has 0 aliphatic carbocycles. The Morgan fingerprint density at radius 3 is 2.58 bits per heavy atom. The van der Waals surface area contributed by atoms with E-state index in [0.29, 0.717) is 18.5 Å². The number of aliphatic hydroxyl groups is 1. The number of piperidine rings is 1. The monoisotopic (exact) mass is 352 g/mol. The number of carbonyl (C=O) groups excluding carboxylic acids is 1. The van der Waals surface area contributed by atoms with Crippen molar-refractivity contribution in [3.05, 3.63) is 65.5 Å². The molecule has 26 heavy (non-hydrogen) atoms. The molecule has 0 radical (unpaired) electrons. The molecule has 1 aromatic carbocycles. The fourth-order valence-electron chi connectivity index (χ4n) is 4.32. The molecule has 0 spiro atoms. The Hall–Kier alpha value is -2.40. The number of hydrogen-bond donors (Lipinski definition) is 1. The summed E-state index contributed by atoms with van der Waals surface area (Å²) in [4.78, 5) is 18.9.